The number of aromatic nitrogens is 2. The SMILES string of the molecule is Cc1noc(/C=C/c2ccccc2F)c1S(=O)(=O)N1CCC(C(=O)NCc2ccccn2)CC1. The monoisotopic (exact) mass is 484 g/mol. The molecular formula is C24H25FN4O4S. The molecule has 2 aromatic heterocycles. The van der Waals surface area contributed by atoms with Crippen LogP contribution in [0.3, 0.4) is 0 Å². The number of piperidine rings is 1. The zero-order chi connectivity index (χ0) is 24.1. The van der Waals surface area contributed by atoms with Crippen molar-refractivity contribution in [2.75, 3.05) is 13.1 Å². The first-order valence-electron chi connectivity index (χ1n) is 10.9. The third-order valence-electron chi connectivity index (χ3n) is 5.75. The number of carbonyl (C=O) groups is 1. The summed E-state index contributed by atoms with van der Waals surface area (Å²) >= 11 is 0. The van der Waals surface area contributed by atoms with Gasteiger partial charge in [-0.1, -0.05) is 29.4 Å². The van der Waals surface area contributed by atoms with Gasteiger partial charge in [-0.15, -0.1) is 0 Å². The molecule has 10 heteroatoms. The van der Waals surface area contributed by atoms with E-state index in [1.807, 2.05) is 12.1 Å². The largest absolute Gasteiger partial charge is 0.355 e. The van der Waals surface area contributed by atoms with Gasteiger partial charge in [0, 0.05) is 30.8 Å². The van der Waals surface area contributed by atoms with Gasteiger partial charge in [0.25, 0.3) is 0 Å². The molecule has 0 spiro atoms. The summed E-state index contributed by atoms with van der Waals surface area (Å²) in [6.07, 6.45) is 5.32. The molecule has 0 radical (unpaired) electrons. The Labute approximate surface area is 197 Å². The molecule has 0 bridgehead atoms. The molecule has 3 aromatic rings. The number of nitrogens with zero attached hydrogens (tertiary/aromatic N) is 3. The predicted molar refractivity (Wildman–Crippen MR) is 124 cm³/mol. The van der Waals surface area contributed by atoms with E-state index in [-0.39, 0.29) is 41.3 Å². The van der Waals surface area contributed by atoms with Crippen molar-refractivity contribution in [1.29, 1.82) is 0 Å². The number of halogens is 1. The number of hydrogen-bond acceptors (Lipinski definition) is 6. The van der Waals surface area contributed by atoms with Gasteiger partial charge in [0.1, 0.15) is 11.5 Å². The van der Waals surface area contributed by atoms with Crippen molar-refractivity contribution in [2.45, 2.75) is 31.2 Å². The lowest BCUT2D eigenvalue weighted by Crippen LogP contribution is -2.43. The molecule has 1 aliphatic rings. The highest BCUT2D eigenvalue weighted by Crippen LogP contribution is 2.29. The van der Waals surface area contributed by atoms with Crippen molar-refractivity contribution >= 4 is 28.1 Å². The van der Waals surface area contributed by atoms with Gasteiger partial charge >= 0.3 is 0 Å². The van der Waals surface area contributed by atoms with Crippen LogP contribution in [-0.2, 0) is 21.4 Å². The highest BCUT2D eigenvalue weighted by atomic mass is 32.2. The first kappa shape index (κ1) is 23.8. The van der Waals surface area contributed by atoms with Crippen LogP contribution in [0.1, 0.15) is 35.6 Å². The van der Waals surface area contributed by atoms with Gasteiger partial charge in [0.2, 0.25) is 15.9 Å². The molecule has 8 nitrogen and oxygen atoms in total. The van der Waals surface area contributed by atoms with E-state index in [0.717, 1.165) is 5.69 Å². The second-order valence-corrected chi connectivity index (χ2v) is 9.91. The van der Waals surface area contributed by atoms with E-state index in [1.54, 1.807) is 37.4 Å². The standard InChI is InChI=1S/C24H25FN4O4S/c1-17-23(22(33-28-17)10-9-18-6-2-3-8-21(18)25)34(31,32)29-14-11-19(12-15-29)24(30)27-16-20-7-4-5-13-26-20/h2-10,13,19H,11-12,14-16H2,1H3,(H,27,30)/b10-9+. The van der Waals surface area contributed by atoms with E-state index >= 15 is 0 Å². The number of pyridine rings is 1. The number of hydrogen-bond donors (Lipinski definition) is 1. The van der Waals surface area contributed by atoms with Crippen molar-refractivity contribution in [3.05, 3.63) is 77.2 Å². The number of amides is 1. The van der Waals surface area contributed by atoms with Gasteiger partial charge in [-0.05, 0) is 50.1 Å². The first-order chi connectivity index (χ1) is 16.4. The summed E-state index contributed by atoms with van der Waals surface area (Å²) in [4.78, 5) is 16.7. The minimum Gasteiger partial charge on any atom is -0.355 e. The average molecular weight is 485 g/mol. The van der Waals surface area contributed by atoms with Crippen LogP contribution in [0, 0.1) is 18.7 Å². The molecule has 0 atom stereocenters. The Morgan fingerprint density at radius 1 is 1.18 bits per heavy atom. The van der Waals surface area contributed by atoms with Crippen LogP contribution in [0.4, 0.5) is 4.39 Å². The van der Waals surface area contributed by atoms with Gasteiger partial charge in [0.05, 0.1) is 12.2 Å². The topological polar surface area (TPSA) is 105 Å². The minimum absolute atomic E-state index is 0.0379. The van der Waals surface area contributed by atoms with Crippen LogP contribution >= 0.6 is 0 Å². The third kappa shape index (κ3) is 5.23. The minimum atomic E-state index is -3.91. The number of nitrogens with one attached hydrogen (secondary N) is 1. The quantitative estimate of drug-likeness (QED) is 0.551. The van der Waals surface area contributed by atoms with Crippen LogP contribution in [-0.4, -0.2) is 41.9 Å². The van der Waals surface area contributed by atoms with Crippen LogP contribution in [0.2, 0.25) is 0 Å². The smallest absolute Gasteiger partial charge is 0.248 e. The first-order valence-corrected chi connectivity index (χ1v) is 12.4. The summed E-state index contributed by atoms with van der Waals surface area (Å²) in [7, 11) is -3.91. The maximum absolute atomic E-state index is 13.9. The Bertz CT molecular complexity index is 1280. The number of aryl methyl sites for hydroxylation is 1. The number of sulfonamides is 1. The molecule has 0 unspecified atom stereocenters. The summed E-state index contributed by atoms with van der Waals surface area (Å²) in [5.74, 6) is -0.782. The molecule has 3 heterocycles. The van der Waals surface area contributed by atoms with E-state index in [1.165, 1.54) is 22.5 Å². The maximum atomic E-state index is 13.9. The highest BCUT2D eigenvalue weighted by molar-refractivity contribution is 7.89. The lowest BCUT2D eigenvalue weighted by molar-refractivity contribution is -0.126. The van der Waals surface area contributed by atoms with Crippen LogP contribution in [0.15, 0.2) is 58.1 Å². The fraction of sp³-hybridized carbons (Fsp3) is 0.292. The molecule has 34 heavy (non-hydrogen) atoms. The molecule has 0 saturated carbocycles. The van der Waals surface area contributed by atoms with Gasteiger partial charge in [-0.3, -0.25) is 9.78 Å². The molecule has 1 amide bonds. The average Bonchev–Trinajstić information content (AvgIpc) is 3.23. The third-order valence-corrected chi connectivity index (χ3v) is 7.80. The number of benzene rings is 1. The number of carbonyl (C=O) groups excluding carboxylic acids is 1. The van der Waals surface area contributed by atoms with Crippen molar-refractivity contribution < 1.29 is 22.1 Å². The van der Waals surface area contributed by atoms with Crippen LogP contribution in [0.5, 0.6) is 0 Å². The zero-order valence-electron chi connectivity index (χ0n) is 18.6. The molecule has 1 N–H and O–H groups in total. The second-order valence-electron chi connectivity index (χ2n) is 8.03. The normalized spacial score (nSPS) is 15.6. The van der Waals surface area contributed by atoms with Gasteiger partial charge in [-0.2, -0.15) is 4.31 Å². The summed E-state index contributed by atoms with van der Waals surface area (Å²) in [5.41, 5.74) is 1.29. The van der Waals surface area contributed by atoms with Crippen molar-refractivity contribution in [3.8, 4) is 0 Å². The molecule has 4 rings (SSSR count). The van der Waals surface area contributed by atoms with Crippen LogP contribution < -0.4 is 5.32 Å². The Balaban J connectivity index is 1.42. The van der Waals surface area contributed by atoms with E-state index in [2.05, 4.69) is 15.5 Å². The second kappa shape index (κ2) is 10.3. The van der Waals surface area contributed by atoms with Crippen molar-refractivity contribution in [2.24, 2.45) is 5.92 Å². The molecule has 1 fully saturated rings. The molecule has 0 aliphatic carbocycles. The Morgan fingerprint density at radius 2 is 1.91 bits per heavy atom. The Morgan fingerprint density at radius 3 is 2.62 bits per heavy atom. The lowest BCUT2D eigenvalue weighted by atomic mass is 9.97. The maximum Gasteiger partial charge on any atom is 0.248 e. The molecule has 1 aliphatic heterocycles. The summed E-state index contributed by atoms with van der Waals surface area (Å²) in [6, 6.07) is 11.6. The van der Waals surface area contributed by atoms with E-state index in [0.29, 0.717) is 24.9 Å². The Kier molecular flexibility index (Phi) is 7.18. The lowest BCUT2D eigenvalue weighted by Gasteiger charge is -2.30. The van der Waals surface area contributed by atoms with Gasteiger partial charge < -0.3 is 9.84 Å². The predicted octanol–water partition coefficient (Wildman–Crippen LogP) is 3.40. The highest BCUT2D eigenvalue weighted by Gasteiger charge is 2.35. The number of rotatable bonds is 7. The molecule has 1 saturated heterocycles. The van der Waals surface area contributed by atoms with E-state index < -0.39 is 15.8 Å². The van der Waals surface area contributed by atoms with Gasteiger partial charge in [0.15, 0.2) is 10.7 Å². The summed E-state index contributed by atoms with van der Waals surface area (Å²) in [5, 5.41) is 6.68. The van der Waals surface area contributed by atoms with Crippen molar-refractivity contribution in [1.82, 2.24) is 19.8 Å². The molecular weight excluding hydrogens is 459 g/mol. The molecule has 178 valence electrons. The molecule has 1 aromatic carbocycles. The van der Waals surface area contributed by atoms with Gasteiger partial charge in [-0.25, -0.2) is 12.8 Å². The van der Waals surface area contributed by atoms with E-state index in [4.69, 9.17) is 4.52 Å². The fourth-order valence-electron chi connectivity index (χ4n) is 3.89. The van der Waals surface area contributed by atoms with E-state index in [9.17, 15) is 17.6 Å². The Hall–Kier alpha value is -3.37. The summed E-state index contributed by atoms with van der Waals surface area (Å²) in [6.45, 7) is 2.28. The summed E-state index contributed by atoms with van der Waals surface area (Å²) < 4.78 is 47.2. The zero-order valence-corrected chi connectivity index (χ0v) is 19.5. The fourth-order valence-corrected chi connectivity index (χ4v) is 5.61. The van der Waals surface area contributed by atoms with Crippen molar-refractivity contribution in [3.63, 3.8) is 0 Å². The van der Waals surface area contributed by atoms with Crippen LogP contribution in [0.25, 0.3) is 12.2 Å².